The Morgan fingerprint density at radius 1 is 1.56 bits per heavy atom. The zero-order chi connectivity index (χ0) is 11.5. The van der Waals surface area contributed by atoms with Crippen LogP contribution in [-0.4, -0.2) is 54.6 Å². The number of thiazole rings is 1. The third-order valence-corrected chi connectivity index (χ3v) is 4.09. The number of rotatable bonds is 3. The van der Waals surface area contributed by atoms with Gasteiger partial charge in [-0.1, -0.05) is 0 Å². The average molecular weight is 240 g/mol. The molecule has 0 amide bonds. The fourth-order valence-corrected chi connectivity index (χ4v) is 2.90. The molecule has 1 aromatic heterocycles. The van der Waals surface area contributed by atoms with Gasteiger partial charge in [-0.3, -0.25) is 4.90 Å². The number of nitrogens with one attached hydrogen (secondary N) is 1. The highest BCUT2D eigenvalue weighted by atomic mass is 32.1. The minimum absolute atomic E-state index is 0.638. The molecule has 0 radical (unpaired) electrons. The normalized spacial score (nSPS) is 23.6. The molecule has 1 unspecified atom stereocenters. The molecule has 1 aliphatic heterocycles. The number of likely N-dealkylation sites (N-methyl/N-ethyl adjacent to an activating group) is 1. The molecule has 1 aliphatic rings. The summed E-state index contributed by atoms with van der Waals surface area (Å²) in [4.78, 5) is 10.6. The first kappa shape index (κ1) is 11.8. The van der Waals surface area contributed by atoms with Crippen LogP contribution in [0, 0.1) is 0 Å². The van der Waals surface area contributed by atoms with Gasteiger partial charge in [0.15, 0.2) is 5.13 Å². The number of nitrogens with zero attached hydrogens (tertiary/aromatic N) is 3. The van der Waals surface area contributed by atoms with Gasteiger partial charge in [0.2, 0.25) is 0 Å². The molecule has 1 aromatic rings. The maximum absolute atomic E-state index is 4.31. The zero-order valence-corrected chi connectivity index (χ0v) is 11.0. The van der Waals surface area contributed by atoms with E-state index >= 15 is 0 Å². The number of hydrogen-bond donors (Lipinski definition) is 1. The van der Waals surface area contributed by atoms with E-state index in [1.807, 2.05) is 13.2 Å². The van der Waals surface area contributed by atoms with Crippen molar-refractivity contribution in [2.24, 2.45) is 0 Å². The molecule has 16 heavy (non-hydrogen) atoms. The summed E-state index contributed by atoms with van der Waals surface area (Å²) in [6.07, 6.45) is 1.99. The van der Waals surface area contributed by atoms with Crippen LogP contribution in [-0.2, 0) is 6.54 Å². The quantitative estimate of drug-likeness (QED) is 0.863. The van der Waals surface area contributed by atoms with E-state index in [1.165, 1.54) is 11.4 Å². The van der Waals surface area contributed by atoms with Crippen molar-refractivity contribution < 1.29 is 0 Å². The van der Waals surface area contributed by atoms with Crippen LogP contribution in [0.2, 0.25) is 0 Å². The Kier molecular flexibility index (Phi) is 3.78. The Balaban J connectivity index is 1.93. The Morgan fingerprint density at radius 2 is 2.38 bits per heavy atom. The van der Waals surface area contributed by atoms with Gasteiger partial charge in [-0.05, 0) is 14.0 Å². The second-order valence-electron chi connectivity index (χ2n) is 4.46. The molecule has 1 atom stereocenters. The highest BCUT2D eigenvalue weighted by Crippen LogP contribution is 2.21. The van der Waals surface area contributed by atoms with Gasteiger partial charge in [0, 0.05) is 50.3 Å². The molecule has 0 aromatic carbocycles. The van der Waals surface area contributed by atoms with E-state index < -0.39 is 0 Å². The topological polar surface area (TPSA) is 31.4 Å². The van der Waals surface area contributed by atoms with Gasteiger partial charge in [0.05, 0.1) is 0 Å². The molecular formula is C11H20N4S. The van der Waals surface area contributed by atoms with Crippen LogP contribution < -0.4 is 5.32 Å². The summed E-state index contributed by atoms with van der Waals surface area (Å²) in [7, 11) is 4.11. The lowest BCUT2D eigenvalue weighted by Gasteiger charge is -2.37. The van der Waals surface area contributed by atoms with Crippen LogP contribution in [0.5, 0.6) is 0 Å². The summed E-state index contributed by atoms with van der Waals surface area (Å²) in [6.45, 7) is 6.83. The second-order valence-corrected chi connectivity index (χ2v) is 5.58. The Bertz CT molecular complexity index is 338. The van der Waals surface area contributed by atoms with E-state index in [9.17, 15) is 0 Å². The molecule has 1 saturated heterocycles. The minimum Gasteiger partial charge on any atom is -0.365 e. The van der Waals surface area contributed by atoms with Crippen LogP contribution in [0.15, 0.2) is 6.20 Å². The van der Waals surface area contributed by atoms with Crippen LogP contribution in [0.3, 0.4) is 0 Å². The van der Waals surface area contributed by atoms with Crippen molar-refractivity contribution in [3.8, 4) is 0 Å². The first-order valence-electron chi connectivity index (χ1n) is 5.74. The summed E-state index contributed by atoms with van der Waals surface area (Å²) < 4.78 is 0. The van der Waals surface area contributed by atoms with E-state index in [4.69, 9.17) is 0 Å². The fourth-order valence-electron chi connectivity index (χ4n) is 2.11. The van der Waals surface area contributed by atoms with Crippen LogP contribution in [0.25, 0.3) is 0 Å². The smallest absolute Gasteiger partial charge is 0.182 e. The zero-order valence-electron chi connectivity index (χ0n) is 10.2. The second kappa shape index (κ2) is 5.12. The average Bonchev–Trinajstić information content (AvgIpc) is 2.70. The van der Waals surface area contributed by atoms with Crippen molar-refractivity contribution in [3.63, 3.8) is 0 Å². The summed E-state index contributed by atoms with van der Waals surface area (Å²) >= 11 is 1.75. The lowest BCUT2D eigenvalue weighted by Crippen LogP contribution is -2.49. The third kappa shape index (κ3) is 2.72. The summed E-state index contributed by atoms with van der Waals surface area (Å²) in [5.41, 5.74) is 0. The van der Waals surface area contributed by atoms with E-state index in [1.54, 1.807) is 11.3 Å². The van der Waals surface area contributed by atoms with Crippen molar-refractivity contribution in [2.45, 2.75) is 19.5 Å². The summed E-state index contributed by atoms with van der Waals surface area (Å²) in [6, 6.07) is 0.638. The maximum atomic E-state index is 4.31. The molecule has 1 N–H and O–H groups in total. The van der Waals surface area contributed by atoms with Crippen molar-refractivity contribution in [1.29, 1.82) is 0 Å². The van der Waals surface area contributed by atoms with Gasteiger partial charge < -0.3 is 10.2 Å². The highest BCUT2D eigenvalue weighted by Gasteiger charge is 2.21. The van der Waals surface area contributed by atoms with Gasteiger partial charge in [0.25, 0.3) is 0 Å². The molecule has 5 heteroatoms. The van der Waals surface area contributed by atoms with Crippen molar-refractivity contribution >= 4 is 16.5 Å². The highest BCUT2D eigenvalue weighted by molar-refractivity contribution is 7.15. The van der Waals surface area contributed by atoms with E-state index in [0.717, 1.165) is 24.8 Å². The predicted molar refractivity (Wildman–Crippen MR) is 69.0 cm³/mol. The summed E-state index contributed by atoms with van der Waals surface area (Å²) in [5.74, 6) is 0. The van der Waals surface area contributed by atoms with Crippen LogP contribution in [0.4, 0.5) is 5.13 Å². The minimum atomic E-state index is 0.638. The molecule has 4 nitrogen and oxygen atoms in total. The predicted octanol–water partition coefficient (Wildman–Crippen LogP) is 1.32. The molecule has 0 bridgehead atoms. The lowest BCUT2D eigenvalue weighted by molar-refractivity contribution is 0.0947. The van der Waals surface area contributed by atoms with Gasteiger partial charge in [-0.25, -0.2) is 4.98 Å². The van der Waals surface area contributed by atoms with Crippen molar-refractivity contribution in [1.82, 2.24) is 14.8 Å². The molecule has 1 fully saturated rings. The molecule has 0 aliphatic carbocycles. The van der Waals surface area contributed by atoms with Crippen molar-refractivity contribution in [2.75, 3.05) is 39.0 Å². The molecule has 0 spiro atoms. The van der Waals surface area contributed by atoms with Gasteiger partial charge >= 0.3 is 0 Å². The number of anilines is 1. The standard InChI is InChI=1S/C11H20N4S/c1-9-7-14(3)4-5-15(9)8-10-6-13-11(12-2)16-10/h6,9H,4-5,7-8H2,1-3H3,(H,12,13). The maximum Gasteiger partial charge on any atom is 0.182 e. The number of aromatic nitrogens is 1. The number of piperazine rings is 1. The largest absolute Gasteiger partial charge is 0.365 e. The summed E-state index contributed by atoms with van der Waals surface area (Å²) in [5, 5.41) is 4.09. The van der Waals surface area contributed by atoms with Gasteiger partial charge in [-0.15, -0.1) is 11.3 Å². The van der Waals surface area contributed by atoms with E-state index in [0.29, 0.717) is 6.04 Å². The Morgan fingerprint density at radius 3 is 3.00 bits per heavy atom. The molecular weight excluding hydrogens is 220 g/mol. The first-order chi connectivity index (χ1) is 7.69. The Labute approximate surface area is 101 Å². The monoisotopic (exact) mass is 240 g/mol. The lowest BCUT2D eigenvalue weighted by atomic mass is 10.2. The Hall–Kier alpha value is -0.650. The molecule has 90 valence electrons. The molecule has 2 rings (SSSR count). The third-order valence-electron chi connectivity index (χ3n) is 3.09. The van der Waals surface area contributed by atoms with Crippen LogP contribution >= 0.6 is 11.3 Å². The van der Waals surface area contributed by atoms with Crippen molar-refractivity contribution in [3.05, 3.63) is 11.1 Å². The molecule has 0 saturated carbocycles. The SMILES string of the molecule is CNc1ncc(CN2CCN(C)CC2C)s1. The van der Waals surface area contributed by atoms with Gasteiger partial charge in [0.1, 0.15) is 0 Å². The molecule has 2 heterocycles. The van der Waals surface area contributed by atoms with E-state index in [-0.39, 0.29) is 0 Å². The fraction of sp³-hybridized carbons (Fsp3) is 0.727. The van der Waals surface area contributed by atoms with E-state index in [2.05, 4.69) is 34.1 Å². The van der Waals surface area contributed by atoms with Gasteiger partial charge in [-0.2, -0.15) is 0 Å². The van der Waals surface area contributed by atoms with Crippen LogP contribution in [0.1, 0.15) is 11.8 Å². The first-order valence-corrected chi connectivity index (χ1v) is 6.55. The number of hydrogen-bond acceptors (Lipinski definition) is 5.